The number of rotatable bonds is 6. The number of para-hydroxylation sites is 1. The Morgan fingerprint density at radius 2 is 1.68 bits per heavy atom. The molecule has 0 spiro atoms. The second-order valence-corrected chi connectivity index (χ2v) is 7.60. The van der Waals surface area contributed by atoms with Gasteiger partial charge in [0.2, 0.25) is 0 Å². The number of ether oxygens (including phenoxy) is 2. The van der Waals surface area contributed by atoms with E-state index in [1.54, 1.807) is 20.5 Å². The van der Waals surface area contributed by atoms with Crippen LogP contribution < -0.4 is 19.9 Å². The van der Waals surface area contributed by atoms with Crippen LogP contribution in [-0.4, -0.2) is 30.2 Å². The zero-order valence-electron chi connectivity index (χ0n) is 17.6. The number of methoxy groups -OCH3 is 2. The third kappa shape index (κ3) is 3.61. The van der Waals surface area contributed by atoms with Crippen molar-refractivity contribution in [3.05, 3.63) is 84.2 Å². The number of hydrogen-bond donors (Lipinski definition) is 1. The topological polar surface area (TPSA) is 59.5 Å². The Labute approximate surface area is 181 Å². The minimum atomic E-state index is 0.268. The summed E-state index contributed by atoms with van der Waals surface area (Å²) in [7, 11) is 3.26. The van der Waals surface area contributed by atoms with Crippen molar-refractivity contribution in [1.29, 1.82) is 0 Å². The zero-order valence-corrected chi connectivity index (χ0v) is 17.6. The van der Waals surface area contributed by atoms with E-state index in [0.29, 0.717) is 11.5 Å². The first kappa shape index (κ1) is 19.2. The fourth-order valence-corrected chi connectivity index (χ4v) is 4.25. The average molecular weight is 412 g/mol. The van der Waals surface area contributed by atoms with Gasteiger partial charge in [0.25, 0.3) is 0 Å². The van der Waals surface area contributed by atoms with Gasteiger partial charge in [0.05, 0.1) is 31.5 Å². The summed E-state index contributed by atoms with van der Waals surface area (Å²) in [6.45, 7) is 0. The summed E-state index contributed by atoms with van der Waals surface area (Å²) in [6.07, 6.45) is 3.48. The lowest BCUT2D eigenvalue weighted by molar-refractivity contribution is 0.356. The molecule has 0 aliphatic carbocycles. The van der Waals surface area contributed by atoms with Crippen LogP contribution in [0.2, 0.25) is 0 Å². The molecular weight excluding hydrogens is 388 g/mol. The highest BCUT2D eigenvalue weighted by molar-refractivity contribution is 5.92. The molecule has 2 heterocycles. The van der Waals surface area contributed by atoms with Gasteiger partial charge in [-0.25, -0.2) is 9.97 Å². The van der Waals surface area contributed by atoms with Crippen LogP contribution in [0.25, 0.3) is 10.9 Å². The number of hydrogen-bond acceptors (Lipinski definition) is 6. The Bertz CT molecular complexity index is 1210. The van der Waals surface area contributed by atoms with Crippen LogP contribution in [0.15, 0.2) is 73.1 Å². The Hall–Kier alpha value is -3.80. The number of hydrazine groups is 1. The maximum absolute atomic E-state index is 5.50. The summed E-state index contributed by atoms with van der Waals surface area (Å²) < 4.78 is 10.9. The van der Waals surface area contributed by atoms with E-state index in [4.69, 9.17) is 9.47 Å². The van der Waals surface area contributed by atoms with Crippen LogP contribution in [0.3, 0.4) is 0 Å². The van der Waals surface area contributed by atoms with Gasteiger partial charge in [0.1, 0.15) is 6.33 Å². The molecule has 156 valence electrons. The molecule has 0 amide bonds. The smallest absolute Gasteiger partial charge is 0.162 e. The molecule has 6 heteroatoms. The molecule has 0 saturated heterocycles. The number of fused-ring (bicyclic) bond motifs is 2. The standard InChI is InChI=1S/C25H24N4O2/c1-30-23-14-20-21(15-24(23)31-2)26-16-27-25(20)28-29-19(12-17-8-4-3-5-9-17)13-18-10-6-7-11-22(18)29/h3-11,14-16,19H,12-13H2,1-2H3,(H,26,27,28). The Balaban J connectivity index is 1.54. The predicted octanol–water partition coefficient (Wildman–Crippen LogP) is 4.65. The van der Waals surface area contributed by atoms with E-state index in [1.165, 1.54) is 16.8 Å². The molecule has 3 aromatic carbocycles. The van der Waals surface area contributed by atoms with E-state index >= 15 is 0 Å². The van der Waals surface area contributed by atoms with Crippen LogP contribution in [0, 0.1) is 0 Å². The largest absolute Gasteiger partial charge is 0.493 e. The van der Waals surface area contributed by atoms with E-state index in [2.05, 4.69) is 75.0 Å². The summed E-state index contributed by atoms with van der Waals surface area (Å²) >= 11 is 0. The van der Waals surface area contributed by atoms with Crippen LogP contribution in [0.1, 0.15) is 11.1 Å². The lowest BCUT2D eigenvalue weighted by Crippen LogP contribution is -2.39. The number of anilines is 2. The van der Waals surface area contributed by atoms with Gasteiger partial charge in [-0.3, -0.25) is 10.4 Å². The lowest BCUT2D eigenvalue weighted by Gasteiger charge is -2.29. The van der Waals surface area contributed by atoms with Gasteiger partial charge in [0, 0.05) is 11.5 Å². The maximum atomic E-state index is 5.50. The molecule has 0 fully saturated rings. The molecule has 1 aromatic heterocycles. The van der Waals surface area contributed by atoms with Gasteiger partial charge < -0.3 is 9.47 Å². The highest BCUT2D eigenvalue weighted by atomic mass is 16.5. The second kappa shape index (κ2) is 8.14. The molecule has 31 heavy (non-hydrogen) atoms. The Kier molecular flexibility index (Phi) is 5.04. The minimum absolute atomic E-state index is 0.268. The van der Waals surface area contributed by atoms with Gasteiger partial charge in [-0.1, -0.05) is 48.5 Å². The van der Waals surface area contributed by atoms with Gasteiger partial charge in [-0.05, 0) is 36.1 Å². The predicted molar refractivity (Wildman–Crippen MR) is 123 cm³/mol. The van der Waals surface area contributed by atoms with Gasteiger partial charge in [-0.2, -0.15) is 0 Å². The van der Waals surface area contributed by atoms with Gasteiger partial charge >= 0.3 is 0 Å². The van der Waals surface area contributed by atoms with Crippen molar-refractivity contribution < 1.29 is 9.47 Å². The molecule has 1 unspecified atom stereocenters. The van der Waals surface area contributed by atoms with E-state index < -0.39 is 0 Å². The van der Waals surface area contributed by atoms with Gasteiger partial charge in [-0.15, -0.1) is 0 Å². The fourth-order valence-electron chi connectivity index (χ4n) is 4.25. The van der Waals surface area contributed by atoms with Crippen molar-refractivity contribution in [2.45, 2.75) is 18.9 Å². The van der Waals surface area contributed by atoms with E-state index in [9.17, 15) is 0 Å². The molecular formula is C25H24N4O2. The number of nitrogens with one attached hydrogen (secondary N) is 1. The Morgan fingerprint density at radius 1 is 0.935 bits per heavy atom. The molecule has 0 saturated carbocycles. The molecule has 0 bridgehead atoms. The normalized spacial score (nSPS) is 15.0. The molecule has 1 aliphatic rings. The molecule has 1 aliphatic heterocycles. The third-order valence-corrected chi connectivity index (χ3v) is 5.75. The first-order valence-corrected chi connectivity index (χ1v) is 10.3. The molecule has 1 N–H and O–H groups in total. The van der Waals surface area contributed by atoms with Crippen LogP contribution >= 0.6 is 0 Å². The van der Waals surface area contributed by atoms with Crippen molar-refractivity contribution in [3.63, 3.8) is 0 Å². The number of aromatic nitrogens is 2. The summed E-state index contributed by atoms with van der Waals surface area (Å²) in [6, 6.07) is 23.2. The van der Waals surface area contributed by atoms with Crippen molar-refractivity contribution in [2.24, 2.45) is 0 Å². The average Bonchev–Trinajstić information content (AvgIpc) is 3.15. The summed E-state index contributed by atoms with van der Waals surface area (Å²) in [5, 5.41) is 3.11. The fraction of sp³-hybridized carbons (Fsp3) is 0.200. The lowest BCUT2D eigenvalue weighted by atomic mass is 10.0. The van der Waals surface area contributed by atoms with Crippen LogP contribution in [-0.2, 0) is 12.8 Å². The second-order valence-electron chi connectivity index (χ2n) is 7.60. The van der Waals surface area contributed by atoms with Crippen molar-refractivity contribution in [1.82, 2.24) is 9.97 Å². The van der Waals surface area contributed by atoms with Gasteiger partial charge in [0.15, 0.2) is 17.3 Å². The van der Waals surface area contributed by atoms with E-state index in [0.717, 1.165) is 29.6 Å². The quantitative estimate of drug-likeness (QED) is 0.498. The highest BCUT2D eigenvalue weighted by Crippen LogP contribution is 2.37. The molecule has 4 aromatic rings. The first-order chi connectivity index (χ1) is 15.3. The monoisotopic (exact) mass is 412 g/mol. The molecule has 5 rings (SSSR count). The number of benzene rings is 3. The van der Waals surface area contributed by atoms with Crippen molar-refractivity contribution in [3.8, 4) is 11.5 Å². The van der Waals surface area contributed by atoms with E-state index in [-0.39, 0.29) is 6.04 Å². The molecule has 1 atom stereocenters. The Morgan fingerprint density at radius 3 is 2.48 bits per heavy atom. The zero-order chi connectivity index (χ0) is 21.2. The van der Waals surface area contributed by atoms with Crippen LogP contribution in [0.4, 0.5) is 11.5 Å². The van der Waals surface area contributed by atoms with Crippen LogP contribution in [0.5, 0.6) is 11.5 Å². The first-order valence-electron chi connectivity index (χ1n) is 10.3. The minimum Gasteiger partial charge on any atom is -0.493 e. The summed E-state index contributed by atoms with van der Waals surface area (Å²) in [5.74, 6) is 2.03. The molecule has 0 radical (unpaired) electrons. The third-order valence-electron chi connectivity index (χ3n) is 5.75. The van der Waals surface area contributed by atoms with Crippen molar-refractivity contribution in [2.75, 3.05) is 24.7 Å². The highest BCUT2D eigenvalue weighted by Gasteiger charge is 2.30. The van der Waals surface area contributed by atoms with Crippen molar-refractivity contribution >= 4 is 22.4 Å². The summed E-state index contributed by atoms with van der Waals surface area (Å²) in [4.78, 5) is 8.98. The SMILES string of the molecule is COc1cc2ncnc(NN3c4ccccc4CC3Cc3ccccc3)c2cc1OC. The maximum Gasteiger partial charge on any atom is 0.162 e. The number of nitrogens with zero attached hydrogens (tertiary/aromatic N) is 3. The summed E-state index contributed by atoms with van der Waals surface area (Å²) in [5.41, 5.74) is 8.19. The molecule has 6 nitrogen and oxygen atoms in total. The van der Waals surface area contributed by atoms with E-state index in [1.807, 2.05) is 12.1 Å².